The van der Waals surface area contributed by atoms with Gasteiger partial charge in [0.15, 0.2) is 0 Å². The van der Waals surface area contributed by atoms with Gasteiger partial charge in [-0.05, 0) is 25.2 Å². The van der Waals surface area contributed by atoms with Crippen molar-refractivity contribution in [2.24, 2.45) is 11.8 Å². The average Bonchev–Trinajstić information content (AvgIpc) is 2.03. The van der Waals surface area contributed by atoms with Crippen molar-refractivity contribution in [2.75, 3.05) is 0 Å². The van der Waals surface area contributed by atoms with Crippen LogP contribution in [0.4, 0.5) is 0 Å². The van der Waals surface area contributed by atoms with Crippen molar-refractivity contribution < 1.29 is 9.53 Å². The summed E-state index contributed by atoms with van der Waals surface area (Å²) in [6.07, 6.45) is 4.96. The number of fused-ring (bicyclic) bond motifs is 1. The van der Waals surface area contributed by atoms with Gasteiger partial charge in [0.05, 0.1) is 5.92 Å². The maximum Gasteiger partial charge on any atom is 0.313 e. The lowest BCUT2D eigenvalue weighted by molar-refractivity contribution is -0.191. The predicted octanol–water partition coefficient (Wildman–Crippen LogP) is 1.74. The van der Waals surface area contributed by atoms with E-state index < -0.39 is 0 Å². The molecule has 0 aromatic carbocycles. The Morgan fingerprint density at radius 2 is 2.36 bits per heavy atom. The largest absolute Gasteiger partial charge is 0.461 e. The summed E-state index contributed by atoms with van der Waals surface area (Å²) in [5.74, 6) is 1.10. The molecule has 0 aromatic heterocycles. The van der Waals surface area contributed by atoms with Crippen molar-refractivity contribution in [1.82, 2.24) is 0 Å². The molecular weight excluding hydrogens is 140 g/mol. The van der Waals surface area contributed by atoms with Crippen LogP contribution in [0.15, 0.2) is 0 Å². The summed E-state index contributed by atoms with van der Waals surface area (Å²) >= 11 is 0. The van der Waals surface area contributed by atoms with Gasteiger partial charge in [-0.1, -0.05) is 13.3 Å². The fourth-order valence-electron chi connectivity index (χ4n) is 2.15. The molecule has 1 saturated carbocycles. The van der Waals surface area contributed by atoms with Crippen molar-refractivity contribution >= 4 is 5.97 Å². The van der Waals surface area contributed by atoms with Crippen LogP contribution in [0, 0.1) is 11.8 Å². The zero-order valence-electron chi connectivity index (χ0n) is 6.88. The van der Waals surface area contributed by atoms with Crippen molar-refractivity contribution in [3.05, 3.63) is 0 Å². The number of hydrogen-bond acceptors (Lipinski definition) is 2. The Bertz CT molecular complexity index is 176. The van der Waals surface area contributed by atoms with E-state index in [0.717, 1.165) is 18.8 Å². The van der Waals surface area contributed by atoms with Gasteiger partial charge in [-0.3, -0.25) is 4.79 Å². The molecule has 0 N–H and O–H groups in total. The molecule has 1 saturated heterocycles. The molecule has 0 amide bonds. The van der Waals surface area contributed by atoms with Gasteiger partial charge in [0.1, 0.15) is 6.10 Å². The van der Waals surface area contributed by atoms with Crippen LogP contribution in [0.3, 0.4) is 0 Å². The maximum absolute atomic E-state index is 10.9. The number of carbonyl (C=O) groups excluding carboxylic acids is 1. The lowest BCUT2D eigenvalue weighted by atomic mass is 9.75. The summed E-state index contributed by atoms with van der Waals surface area (Å²) < 4.78 is 5.00. The van der Waals surface area contributed by atoms with Crippen LogP contribution in [0.1, 0.15) is 32.6 Å². The van der Waals surface area contributed by atoms with Crippen LogP contribution in [-0.2, 0) is 9.53 Å². The molecule has 62 valence electrons. The number of ether oxygens (including phenoxy) is 1. The first-order chi connectivity index (χ1) is 5.31. The van der Waals surface area contributed by atoms with Gasteiger partial charge in [0.2, 0.25) is 0 Å². The van der Waals surface area contributed by atoms with Crippen molar-refractivity contribution in [1.29, 1.82) is 0 Å². The van der Waals surface area contributed by atoms with E-state index in [1.54, 1.807) is 0 Å². The zero-order valence-corrected chi connectivity index (χ0v) is 6.88. The lowest BCUT2D eigenvalue weighted by Crippen LogP contribution is -2.48. The van der Waals surface area contributed by atoms with E-state index in [-0.39, 0.29) is 11.9 Å². The second-order valence-corrected chi connectivity index (χ2v) is 3.67. The van der Waals surface area contributed by atoms with Gasteiger partial charge in [0, 0.05) is 0 Å². The fourth-order valence-corrected chi connectivity index (χ4v) is 2.15. The van der Waals surface area contributed by atoms with E-state index >= 15 is 0 Å². The van der Waals surface area contributed by atoms with Gasteiger partial charge in [-0.2, -0.15) is 0 Å². The number of hydrogen-bond donors (Lipinski definition) is 0. The Kier molecular flexibility index (Phi) is 1.63. The summed E-state index contributed by atoms with van der Waals surface area (Å²) in [5, 5.41) is 0. The third-order valence-electron chi connectivity index (χ3n) is 3.04. The van der Waals surface area contributed by atoms with E-state index in [4.69, 9.17) is 4.74 Å². The van der Waals surface area contributed by atoms with Gasteiger partial charge in [-0.25, -0.2) is 0 Å². The quantitative estimate of drug-likeness (QED) is 0.538. The molecule has 2 heteroatoms. The van der Waals surface area contributed by atoms with Gasteiger partial charge < -0.3 is 4.74 Å². The molecule has 11 heavy (non-hydrogen) atoms. The minimum absolute atomic E-state index is 0.0492. The smallest absolute Gasteiger partial charge is 0.313 e. The second kappa shape index (κ2) is 2.50. The Labute approximate surface area is 66.9 Å². The van der Waals surface area contributed by atoms with Crippen molar-refractivity contribution in [3.63, 3.8) is 0 Å². The highest BCUT2D eigenvalue weighted by atomic mass is 16.6. The fraction of sp³-hybridized carbons (Fsp3) is 0.889. The number of esters is 1. The summed E-state index contributed by atoms with van der Waals surface area (Å²) in [6.45, 7) is 2.20. The average molecular weight is 154 g/mol. The van der Waals surface area contributed by atoms with E-state index in [2.05, 4.69) is 6.92 Å². The molecule has 2 aliphatic rings. The zero-order chi connectivity index (χ0) is 7.84. The minimum Gasteiger partial charge on any atom is -0.461 e. The van der Waals surface area contributed by atoms with Gasteiger partial charge >= 0.3 is 5.97 Å². The first kappa shape index (κ1) is 7.14. The predicted molar refractivity (Wildman–Crippen MR) is 41.0 cm³/mol. The summed E-state index contributed by atoms with van der Waals surface area (Å²) in [4.78, 5) is 10.9. The molecule has 2 fully saturated rings. The molecule has 0 aromatic rings. The Balaban J connectivity index is 1.94. The topological polar surface area (TPSA) is 26.3 Å². The lowest BCUT2D eigenvalue weighted by Gasteiger charge is -2.41. The molecule has 3 atom stereocenters. The van der Waals surface area contributed by atoms with Crippen molar-refractivity contribution in [3.8, 4) is 0 Å². The van der Waals surface area contributed by atoms with E-state index in [0.29, 0.717) is 6.10 Å². The van der Waals surface area contributed by atoms with E-state index in [1.165, 1.54) is 12.8 Å². The van der Waals surface area contributed by atoms with E-state index in [9.17, 15) is 4.79 Å². The van der Waals surface area contributed by atoms with Crippen LogP contribution in [0.5, 0.6) is 0 Å². The normalized spacial score (nSPS) is 42.3. The summed E-state index contributed by atoms with van der Waals surface area (Å²) in [6, 6.07) is 0. The molecule has 3 unspecified atom stereocenters. The van der Waals surface area contributed by atoms with Crippen LogP contribution < -0.4 is 0 Å². The standard InChI is InChI=1S/C9H14O2/c1-2-6-3-4-8-7(5-6)9(10)11-8/h6-8H,2-5H2,1H3. The minimum atomic E-state index is 0.0492. The van der Waals surface area contributed by atoms with Gasteiger partial charge in [-0.15, -0.1) is 0 Å². The number of rotatable bonds is 1. The molecule has 2 rings (SSSR count). The monoisotopic (exact) mass is 154 g/mol. The molecule has 0 spiro atoms. The SMILES string of the molecule is CCC1CCC2OC(=O)C2C1. The van der Waals surface area contributed by atoms with Crippen LogP contribution >= 0.6 is 0 Å². The second-order valence-electron chi connectivity index (χ2n) is 3.67. The number of carbonyl (C=O) groups is 1. The van der Waals surface area contributed by atoms with Crippen LogP contribution in [0.25, 0.3) is 0 Å². The third-order valence-corrected chi connectivity index (χ3v) is 3.04. The molecular formula is C9H14O2. The maximum atomic E-state index is 10.9. The molecule has 2 nitrogen and oxygen atoms in total. The Hall–Kier alpha value is -0.530. The third kappa shape index (κ3) is 1.05. The highest BCUT2D eigenvalue weighted by Crippen LogP contribution is 2.39. The highest BCUT2D eigenvalue weighted by Gasteiger charge is 2.45. The van der Waals surface area contributed by atoms with Crippen molar-refractivity contribution in [2.45, 2.75) is 38.7 Å². The van der Waals surface area contributed by atoms with Gasteiger partial charge in [0.25, 0.3) is 0 Å². The Morgan fingerprint density at radius 3 is 3.00 bits per heavy atom. The summed E-state index contributed by atoms with van der Waals surface area (Å²) in [7, 11) is 0. The highest BCUT2D eigenvalue weighted by molar-refractivity contribution is 5.78. The molecule has 1 aliphatic carbocycles. The first-order valence-corrected chi connectivity index (χ1v) is 4.51. The summed E-state index contributed by atoms with van der Waals surface area (Å²) in [5.41, 5.74) is 0. The molecule has 0 bridgehead atoms. The van der Waals surface area contributed by atoms with Crippen LogP contribution in [0.2, 0.25) is 0 Å². The molecule has 1 heterocycles. The van der Waals surface area contributed by atoms with Crippen LogP contribution in [-0.4, -0.2) is 12.1 Å². The Morgan fingerprint density at radius 1 is 1.55 bits per heavy atom. The molecule has 1 aliphatic heterocycles. The first-order valence-electron chi connectivity index (χ1n) is 4.51. The van der Waals surface area contributed by atoms with E-state index in [1.807, 2.05) is 0 Å². The molecule has 0 radical (unpaired) electrons.